The van der Waals surface area contributed by atoms with Gasteiger partial charge in [0.15, 0.2) is 0 Å². The minimum absolute atomic E-state index is 0.0205. The standard InChI is InChI=1S/C25H29ClFN3O2/c26-21-7-3-5-19(15-21)23(29-12-1-2-13-29)16-28-24(31)20-6-4-14-30(17-20)25(32)18-8-10-22(27)11-9-18/h3,5,7-11,15,20,23H,1-2,4,6,12-14,16-17H2,(H,28,31). The predicted octanol–water partition coefficient (Wildman–Crippen LogP) is 4.28. The molecule has 0 spiro atoms. The molecule has 32 heavy (non-hydrogen) atoms. The number of piperidine rings is 1. The van der Waals surface area contributed by atoms with Gasteiger partial charge in [-0.15, -0.1) is 0 Å². The molecule has 2 aliphatic rings. The summed E-state index contributed by atoms with van der Waals surface area (Å²) < 4.78 is 13.2. The molecule has 0 saturated carbocycles. The lowest BCUT2D eigenvalue weighted by atomic mass is 9.96. The third-order valence-corrected chi connectivity index (χ3v) is 6.69. The highest BCUT2D eigenvalue weighted by Gasteiger charge is 2.30. The van der Waals surface area contributed by atoms with E-state index in [1.54, 1.807) is 4.90 Å². The Labute approximate surface area is 193 Å². The van der Waals surface area contributed by atoms with Crippen molar-refractivity contribution in [3.63, 3.8) is 0 Å². The van der Waals surface area contributed by atoms with Crippen molar-refractivity contribution in [2.24, 2.45) is 5.92 Å². The fraction of sp³-hybridized carbons (Fsp3) is 0.440. The molecule has 2 fully saturated rings. The SMILES string of the molecule is O=C(NCC(c1cccc(Cl)c1)N1CCCC1)C1CCCN(C(=O)c2ccc(F)cc2)C1. The van der Waals surface area contributed by atoms with Gasteiger partial charge in [0.25, 0.3) is 5.91 Å². The summed E-state index contributed by atoms with van der Waals surface area (Å²) in [6, 6.07) is 13.5. The van der Waals surface area contributed by atoms with Crippen molar-refractivity contribution in [3.8, 4) is 0 Å². The Morgan fingerprint density at radius 2 is 1.81 bits per heavy atom. The molecule has 2 saturated heterocycles. The molecule has 0 radical (unpaired) electrons. The normalized spacial score (nSPS) is 20.2. The maximum Gasteiger partial charge on any atom is 0.253 e. The number of carbonyl (C=O) groups excluding carboxylic acids is 2. The van der Waals surface area contributed by atoms with Gasteiger partial charge in [-0.2, -0.15) is 0 Å². The average Bonchev–Trinajstić information content (AvgIpc) is 3.34. The number of benzene rings is 2. The van der Waals surface area contributed by atoms with E-state index in [1.807, 2.05) is 18.2 Å². The summed E-state index contributed by atoms with van der Waals surface area (Å²) in [6.07, 6.45) is 3.85. The summed E-state index contributed by atoms with van der Waals surface area (Å²) in [5.41, 5.74) is 1.55. The topological polar surface area (TPSA) is 52.7 Å². The molecule has 2 amide bonds. The lowest BCUT2D eigenvalue weighted by Gasteiger charge is -2.33. The molecular weight excluding hydrogens is 429 g/mol. The molecule has 0 aromatic heterocycles. The zero-order chi connectivity index (χ0) is 22.5. The molecule has 0 aliphatic carbocycles. The Bertz CT molecular complexity index is 946. The number of nitrogens with one attached hydrogen (secondary N) is 1. The molecule has 2 aromatic rings. The van der Waals surface area contributed by atoms with Crippen molar-refractivity contribution >= 4 is 23.4 Å². The Morgan fingerprint density at radius 1 is 1.06 bits per heavy atom. The van der Waals surface area contributed by atoms with Gasteiger partial charge >= 0.3 is 0 Å². The fourth-order valence-electron chi connectivity index (χ4n) is 4.72. The second-order valence-corrected chi connectivity index (χ2v) is 9.09. The number of hydrogen-bond donors (Lipinski definition) is 1. The van der Waals surface area contributed by atoms with Crippen molar-refractivity contribution in [2.75, 3.05) is 32.7 Å². The van der Waals surface area contributed by atoms with Gasteiger partial charge in [0, 0.05) is 30.2 Å². The van der Waals surface area contributed by atoms with Gasteiger partial charge < -0.3 is 10.2 Å². The van der Waals surface area contributed by atoms with Crippen LogP contribution in [0.5, 0.6) is 0 Å². The van der Waals surface area contributed by atoms with E-state index in [1.165, 1.54) is 24.3 Å². The van der Waals surface area contributed by atoms with Crippen molar-refractivity contribution < 1.29 is 14.0 Å². The van der Waals surface area contributed by atoms with Crippen LogP contribution in [0.3, 0.4) is 0 Å². The lowest BCUT2D eigenvalue weighted by Crippen LogP contribution is -2.47. The van der Waals surface area contributed by atoms with Gasteiger partial charge in [-0.05, 0) is 80.7 Å². The van der Waals surface area contributed by atoms with Gasteiger partial charge in [-0.3, -0.25) is 14.5 Å². The molecular formula is C25H29ClFN3O2. The van der Waals surface area contributed by atoms with Gasteiger partial charge in [-0.25, -0.2) is 4.39 Å². The molecule has 0 bridgehead atoms. The van der Waals surface area contributed by atoms with E-state index in [0.29, 0.717) is 30.2 Å². The van der Waals surface area contributed by atoms with E-state index in [4.69, 9.17) is 11.6 Å². The van der Waals surface area contributed by atoms with E-state index < -0.39 is 0 Å². The van der Waals surface area contributed by atoms with Gasteiger partial charge in [0.1, 0.15) is 5.82 Å². The summed E-state index contributed by atoms with van der Waals surface area (Å²) in [5.74, 6) is -0.791. The molecule has 2 heterocycles. The first kappa shape index (κ1) is 22.7. The van der Waals surface area contributed by atoms with Crippen LogP contribution in [-0.4, -0.2) is 54.3 Å². The first-order valence-electron chi connectivity index (χ1n) is 11.3. The average molecular weight is 458 g/mol. The van der Waals surface area contributed by atoms with Crippen LogP contribution in [0.4, 0.5) is 4.39 Å². The smallest absolute Gasteiger partial charge is 0.253 e. The molecule has 4 rings (SSSR count). The van der Waals surface area contributed by atoms with E-state index >= 15 is 0 Å². The zero-order valence-electron chi connectivity index (χ0n) is 18.1. The summed E-state index contributed by atoms with van der Waals surface area (Å²) in [5, 5.41) is 3.84. The van der Waals surface area contributed by atoms with Gasteiger partial charge in [0.05, 0.1) is 12.0 Å². The maximum absolute atomic E-state index is 13.2. The Kier molecular flexibility index (Phi) is 7.43. The van der Waals surface area contributed by atoms with Crippen molar-refractivity contribution in [3.05, 3.63) is 70.5 Å². The second-order valence-electron chi connectivity index (χ2n) is 8.66. The van der Waals surface area contributed by atoms with Crippen LogP contribution in [0.25, 0.3) is 0 Å². The van der Waals surface area contributed by atoms with Crippen molar-refractivity contribution in [2.45, 2.75) is 31.7 Å². The van der Waals surface area contributed by atoms with Crippen molar-refractivity contribution in [1.82, 2.24) is 15.1 Å². The first-order valence-corrected chi connectivity index (χ1v) is 11.7. The predicted molar refractivity (Wildman–Crippen MR) is 123 cm³/mol. The highest BCUT2D eigenvalue weighted by Crippen LogP contribution is 2.27. The van der Waals surface area contributed by atoms with E-state index in [-0.39, 0.29) is 29.6 Å². The molecule has 7 heteroatoms. The summed E-state index contributed by atoms with van der Waals surface area (Å²) >= 11 is 6.22. The highest BCUT2D eigenvalue weighted by atomic mass is 35.5. The third-order valence-electron chi connectivity index (χ3n) is 6.46. The van der Waals surface area contributed by atoms with Crippen LogP contribution in [0.15, 0.2) is 48.5 Å². The monoisotopic (exact) mass is 457 g/mol. The van der Waals surface area contributed by atoms with E-state index in [2.05, 4.69) is 16.3 Å². The van der Waals surface area contributed by atoms with Gasteiger partial charge in [-0.1, -0.05) is 23.7 Å². The second kappa shape index (κ2) is 10.5. The van der Waals surface area contributed by atoms with E-state index in [9.17, 15) is 14.0 Å². The Hall–Kier alpha value is -2.44. The fourth-order valence-corrected chi connectivity index (χ4v) is 4.92. The quantitative estimate of drug-likeness (QED) is 0.704. The summed E-state index contributed by atoms with van der Waals surface area (Å²) in [6.45, 7) is 3.53. The summed E-state index contributed by atoms with van der Waals surface area (Å²) in [4.78, 5) is 29.9. The zero-order valence-corrected chi connectivity index (χ0v) is 18.9. The van der Waals surface area contributed by atoms with Crippen LogP contribution in [0.1, 0.15) is 47.6 Å². The molecule has 1 N–H and O–H groups in total. The number of rotatable bonds is 6. The molecule has 2 unspecified atom stereocenters. The molecule has 2 aromatic carbocycles. The molecule has 170 valence electrons. The minimum Gasteiger partial charge on any atom is -0.354 e. The van der Waals surface area contributed by atoms with Crippen LogP contribution in [-0.2, 0) is 4.79 Å². The Balaban J connectivity index is 1.38. The van der Waals surface area contributed by atoms with Crippen LogP contribution in [0.2, 0.25) is 5.02 Å². The number of amides is 2. The van der Waals surface area contributed by atoms with Gasteiger partial charge in [0.2, 0.25) is 5.91 Å². The third kappa shape index (κ3) is 5.48. The maximum atomic E-state index is 13.2. The number of halogens is 2. The van der Waals surface area contributed by atoms with Crippen LogP contribution in [0, 0.1) is 11.7 Å². The first-order chi connectivity index (χ1) is 15.5. The minimum atomic E-state index is -0.371. The molecule has 5 nitrogen and oxygen atoms in total. The molecule has 2 atom stereocenters. The number of hydrogen-bond acceptors (Lipinski definition) is 3. The van der Waals surface area contributed by atoms with E-state index in [0.717, 1.165) is 44.3 Å². The number of likely N-dealkylation sites (tertiary alicyclic amines) is 2. The van der Waals surface area contributed by atoms with Crippen molar-refractivity contribution in [1.29, 1.82) is 0 Å². The molecule has 2 aliphatic heterocycles. The Morgan fingerprint density at radius 3 is 2.53 bits per heavy atom. The number of nitrogens with zero attached hydrogens (tertiary/aromatic N) is 2. The van der Waals surface area contributed by atoms with Crippen LogP contribution >= 0.6 is 11.6 Å². The summed E-state index contributed by atoms with van der Waals surface area (Å²) in [7, 11) is 0. The highest BCUT2D eigenvalue weighted by molar-refractivity contribution is 6.30. The number of carbonyl (C=O) groups is 2. The van der Waals surface area contributed by atoms with Crippen LogP contribution < -0.4 is 5.32 Å². The lowest BCUT2D eigenvalue weighted by molar-refractivity contribution is -0.126. The largest absolute Gasteiger partial charge is 0.354 e.